The molecule has 3 aromatic rings. The van der Waals surface area contributed by atoms with Gasteiger partial charge in [0.05, 0.1) is 30.0 Å². The SMILES string of the molecule is CCn1cc(Cn2cnc3ccc(I)cc3c2=O)cn1. The zero-order chi connectivity index (χ0) is 14.1. The average Bonchev–Trinajstić information content (AvgIpc) is 2.90. The second-order valence-electron chi connectivity index (χ2n) is 4.54. The van der Waals surface area contributed by atoms with Gasteiger partial charge >= 0.3 is 0 Å². The van der Waals surface area contributed by atoms with Crippen molar-refractivity contribution < 1.29 is 0 Å². The minimum Gasteiger partial charge on any atom is -0.294 e. The minimum atomic E-state index is -0.0160. The van der Waals surface area contributed by atoms with E-state index in [1.165, 1.54) is 0 Å². The molecule has 0 saturated heterocycles. The Hall–Kier alpha value is -1.70. The molecule has 2 heterocycles. The average molecular weight is 380 g/mol. The van der Waals surface area contributed by atoms with Crippen LogP contribution in [0.5, 0.6) is 0 Å². The van der Waals surface area contributed by atoms with Crippen LogP contribution in [0.1, 0.15) is 12.5 Å². The molecular formula is C14H13IN4O. The summed E-state index contributed by atoms with van der Waals surface area (Å²) >= 11 is 2.20. The van der Waals surface area contributed by atoms with Crippen LogP contribution in [0.4, 0.5) is 0 Å². The third kappa shape index (κ3) is 2.47. The highest BCUT2D eigenvalue weighted by atomic mass is 127. The fraction of sp³-hybridized carbons (Fsp3) is 0.214. The van der Waals surface area contributed by atoms with Crippen molar-refractivity contribution in [2.75, 3.05) is 0 Å². The quantitative estimate of drug-likeness (QED) is 0.656. The van der Waals surface area contributed by atoms with Crippen molar-refractivity contribution in [1.29, 1.82) is 0 Å². The van der Waals surface area contributed by atoms with Crippen molar-refractivity contribution in [1.82, 2.24) is 19.3 Å². The second kappa shape index (κ2) is 5.35. The maximum Gasteiger partial charge on any atom is 0.261 e. The highest BCUT2D eigenvalue weighted by molar-refractivity contribution is 14.1. The Morgan fingerprint density at radius 1 is 1.35 bits per heavy atom. The summed E-state index contributed by atoms with van der Waals surface area (Å²) in [6.45, 7) is 3.35. The molecule has 0 aliphatic carbocycles. The molecule has 0 fully saturated rings. The lowest BCUT2D eigenvalue weighted by molar-refractivity contribution is 0.657. The van der Waals surface area contributed by atoms with Crippen LogP contribution in [-0.4, -0.2) is 19.3 Å². The third-order valence-electron chi connectivity index (χ3n) is 3.15. The lowest BCUT2D eigenvalue weighted by Crippen LogP contribution is -2.21. The summed E-state index contributed by atoms with van der Waals surface area (Å²) in [5.74, 6) is 0. The summed E-state index contributed by atoms with van der Waals surface area (Å²) < 4.78 is 4.50. The number of hydrogen-bond donors (Lipinski definition) is 0. The molecule has 6 heteroatoms. The Labute approximate surface area is 129 Å². The largest absolute Gasteiger partial charge is 0.294 e. The lowest BCUT2D eigenvalue weighted by Gasteiger charge is -2.05. The fourth-order valence-corrected chi connectivity index (χ4v) is 2.59. The molecule has 2 aromatic heterocycles. The molecule has 0 radical (unpaired) electrons. The van der Waals surface area contributed by atoms with Crippen molar-refractivity contribution in [2.45, 2.75) is 20.0 Å². The van der Waals surface area contributed by atoms with Gasteiger partial charge in [-0.2, -0.15) is 5.10 Å². The molecule has 0 bridgehead atoms. The molecular weight excluding hydrogens is 367 g/mol. The molecule has 0 amide bonds. The molecule has 3 rings (SSSR count). The summed E-state index contributed by atoms with van der Waals surface area (Å²) in [4.78, 5) is 16.8. The predicted octanol–water partition coefficient (Wildman–Crippen LogP) is 2.27. The first-order chi connectivity index (χ1) is 9.67. The number of hydrogen-bond acceptors (Lipinski definition) is 3. The second-order valence-corrected chi connectivity index (χ2v) is 5.79. The lowest BCUT2D eigenvalue weighted by atomic mass is 10.2. The minimum absolute atomic E-state index is 0.0160. The Morgan fingerprint density at radius 3 is 2.95 bits per heavy atom. The number of nitrogens with zero attached hydrogens (tertiary/aromatic N) is 4. The fourth-order valence-electron chi connectivity index (χ4n) is 2.10. The van der Waals surface area contributed by atoms with E-state index in [-0.39, 0.29) is 5.56 Å². The Bertz CT molecular complexity index is 821. The van der Waals surface area contributed by atoms with Crippen LogP contribution < -0.4 is 5.56 Å². The Kier molecular flexibility index (Phi) is 3.56. The summed E-state index contributed by atoms with van der Waals surface area (Å²) in [5, 5.41) is 4.87. The predicted molar refractivity (Wildman–Crippen MR) is 85.7 cm³/mol. The number of aromatic nitrogens is 4. The van der Waals surface area contributed by atoms with Crippen molar-refractivity contribution in [3.63, 3.8) is 0 Å². The molecule has 0 atom stereocenters. The summed E-state index contributed by atoms with van der Waals surface area (Å²) in [6, 6.07) is 5.69. The number of benzene rings is 1. The van der Waals surface area contributed by atoms with E-state index in [0.29, 0.717) is 11.9 Å². The van der Waals surface area contributed by atoms with Crippen molar-refractivity contribution in [2.24, 2.45) is 0 Å². The molecule has 0 N–H and O–H groups in total. The molecule has 20 heavy (non-hydrogen) atoms. The standard InChI is InChI=1S/C14H13IN4O/c1-2-19-8-10(6-17-19)7-18-9-16-13-4-3-11(15)5-12(13)14(18)20/h3-6,8-9H,2,7H2,1H3. The van der Waals surface area contributed by atoms with Gasteiger partial charge in [-0.25, -0.2) is 4.98 Å². The Morgan fingerprint density at radius 2 is 2.20 bits per heavy atom. The number of halogens is 1. The van der Waals surface area contributed by atoms with E-state index in [1.54, 1.807) is 17.1 Å². The normalized spacial score (nSPS) is 11.1. The summed E-state index contributed by atoms with van der Waals surface area (Å²) in [5.41, 5.74) is 1.72. The van der Waals surface area contributed by atoms with Gasteiger partial charge in [0.25, 0.3) is 5.56 Å². The third-order valence-corrected chi connectivity index (χ3v) is 3.82. The van der Waals surface area contributed by atoms with Gasteiger partial charge in [-0.1, -0.05) is 0 Å². The zero-order valence-corrected chi connectivity index (χ0v) is 13.1. The van der Waals surface area contributed by atoms with E-state index in [9.17, 15) is 4.79 Å². The van der Waals surface area contributed by atoms with Crippen molar-refractivity contribution in [3.8, 4) is 0 Å². The monoisotopic (exact) mass is 380 g/mol. The molecule has 0 spiro atoms. The van der Waals surface area contributed by atoms with Gasteiger partial charge in [-0.3, -0.25) is 14.0 Å². The molecule has 1 aromatic carbocycles. The van der Waals surface area contributed by atoms with Gasteiger partial charge in [0.15, 0.2) is 0 Å². The van der Waals surface area contributed by atoms with Gasteiger partial charge in [0.1, 0.15) is 0 Å². The van der Waals surface area contributed by atoms with Crippen LogP contribution >= 0.6 is 22.6 Å². The number of aryl methyl sites for hydroxylation is 1. The first kappa shape index (κ1) is 13.3. The maximum atomic E-state index is 12.5. The van der Waals surface area contributed by atoms with Crippen LogP contribution in [0.25, 0.3) is 10.9 Å². The smallest absolute Gasteiger partial charge is 0.261 e. The summed E-state index contributed by atoms with van der Waals surface area (Å²) in [7, 11) is 0. The Balaban J connectivity index is 2.03. The number of fused-ring (bicyclic) bond motifs is 1. The molecule has 5 nitrogen and oxygen atoms in total. The van der Waals surface area contributed by atoms with Crippen LogP contribution in [0.2, 0.25) is 0 Å². The van der Waals surface area contributed by atoms with E-state index in [2.05, 4.69) is 32.7 Å². The maximum absolute atomic E-state index is 12.5. The first-order valence-electron chi connectivity index (χ1n) is 6.33. The van der Waals surface area contributed by atoms with Crippen LogP contribution in [-0.2, 0) is 13.1 Å². The van der Waals surface area contributed by atoms with E-state index in [1.807, 2.05) is 36.0 Å². The molecule has 0 aliphatic heterocycles. The van der Waals surface area contributed by atoms with E-state index < -0.39 is 0 Å². The van der Waals surface area contributed by atoms with E-state index in [4.69, 9.17) is 0 Å². The summed E-state index contributed by atoms with van der Waals surface area (Å²) in [6.07, 6.45) is 5.33. The van der Waals surface area contributed by atoms with E-state index >= 15 is 0 Å². The van der Waals surface area contributed by atoms with Gasteiger partial charge in [-0.05, 0) is 47.7 Å². The van der Waals surface area contributed by atoms with Gasteiger partial charge in [0, 0.05) is 21.9 Å². The van der Waals surface area contributed by atoms with Crippen molar-refractivity contribution in [3.05, 3.63) is 56.4 Å². The topological polar surface area (TPSA) is 52.7 Å². The van der Waals surface area contributed by atoms with Gasteiger partial charge in [-0.15, -0.1) is 0 Å². The van der Waals surface area contributed by atoms with E-state index in [0.717, 1.165) is 21.2 Å². The first-order valence-corrected chi connectivity index (χ1v) is 7.41. The molecule has 0 saturated carbocycles. The molecule has 0 unspecified atom stereocenters. The highest BCUT2D eigenvalue weighted by Crippen LogP contribution is 2.12. The molecule has 0 aliphatic rings. The van der Waals surface area contributed by atoms with Gasteiger partial charge < -0.3 is 0 Å². The highest BCUT2D eigenvalue weighted by Gasteiger charge is 2.06. The van der Waals surface area contributed by atoms with Crippen LogP contribution in [0.3, 0.4) is 0 Å². The number of rotatable bonds is 3. The van der Waals surface area contributed by atoms with Crippen LogP contribution in [0, 0.1) is 3.57 Å². The van der Waals surface area contributed by atoms with Crippen LogP contribution in [0.15, 0.2) is 41.7 Å². The van der Waals surface area contributed by atoms with Gasteiger partial charge in [0.2, 0.25) is 0 Å². The molecule has 102 valence electrons. The zero-order valence-electron chi connectivity index (χ0n) is 11.0. The van der Waals surface area contributed by atoms with Crippen molar-refractivity contribution >= 4 is 33.5 Å².